The molecule has 0 radical (unpaired) electrons. The smallest absolute Gasteiger partial charge is 0.0900 e. The Balaban J connectivity index is 2.02. The first kappa shape index (κ1) is 12.1. The lowest BCUT2D eigenvalue weighted by molar-refractivity contribution is 0.384. The highest BCUT2D eigenvalue weighted by atomic mass is 32.1. The van der Waals surface area contributed by atoms with Gasteiger partial charge in [-0.05, 0) is 39.5 Å². The number of aryl methyl sites for hydroxylation is 2. The zero-order chi connectivity index (χ0) is 11.7. The molecule has 1 aromatic heterocycles. The Hall–Kier alpha value is -0.410. The molecule has 1 heterocycles. The molecule has 0 aromatic carbocycles. The van der Waals surface area contributed by atoms with Crippen molar-refractivity contribution >= 4 is 11.3 Å². The predicted molar refractivity (Wildman–Crippen MR) is 69.9 cm³/mol. The van der Waals surface area contributed by atoms with Crippen LogP contribution in [0.5, 0.6) is 0 Å². The van der Waals surface area contributed by atoms with Crippen molar-refractivity contribution in [2.75, 3.05) is 0 Å². The minimum Gasteiger partial charge on any atom is -0.306 e. The van der Waals surface area contributed by atoms with Gasteiger partial charge < -0.3 is 5.32 Å². The average Bonchev–Trinajstić information content (AvgIpc) is 2.74. The van der Waals surface area contributed by atoms with Crippen LogP contribution < -0.4 is 5.32 Å². The van der Waals surface area contributed by atoms with Gasteiger partial charge in [-0.1, -0.05) is 13.3 Å². The quantitative estimate of drug-likeness (QED) is 0.870. The number of thiazole rings is 1. The summed E-state index contributed by atoms with van der Waals surface area (Å²) in [6.45, 7) is 8.87. The van der Waals surface area contributed by atoms with Gasteiger partial charge >= 0.3 is 0 Å². The Morgan fingerprint density at radius 1 is 1.38 bits per heavy atom. The summed E-state index contributed by atoms with van der Waals surface area (Å²) in [7, 11) is 0. The maximum absolute atomic E-state index is 4.63. The van der Waals surface area contributed by atoms with Crippen molar-refractivity contribution in [2.45, 2.75) is 59.0 Å². The molecular weight excluding hydrogens is 216 g/mol. The molecule has 2 rings (SSSR count). The minimum absolute atomic E-state index is 0.399. The van der Waals surface area contributed by atoms with Gasteiger partial charge in [0.15, 0.2) is 0 Å². The second-order valence-corrected chi connectivity index (χ2v) is 6.48. The molecule has 1 fully saturated rings. The third kappa shape index (κ3) is 2.46. The van der Waals surface area contributed by atoms with Crippen molar-refractivity contribution in [3.05, 3.63) is 15.6 Å². The molecule has 90 valence electrons. The van der Waals surface area contributed by atoms with Crippen molar-refractivity contribution in [3.63, 3.8) is 0 Å². The largest absolute Gasteiger partial charge is 0.306 e. The van der Waals surface area contributed by atoms with Crippen LogP contribution in [0.2, 0.25) is 0 Å². The van der Waals surface area contributed by atoms with E-state index in [1.165, 1.54) is 34.8 Å². The fraction of sp³-hybridized carbons (Fsp3) is 0.769. The fourth-order valence-electron chi connectivity index (χ4n) is 2.74. The van der Waals surface area contributed by atoms with Crippen molar-refractivity contribution in [1.29, 1.82) is 0 Å². The van der Waals surface area contributed by atoms with Crippen molar-refractivity contribution in [3.8, 4) is 0 Å². The van der Waals surface area contributed by atoms with Crippen LogP contribution in [0.3, 0.4) is 0 Å². The summed E-state index contributed by atoms with van der Waals surface area (Å²) in [5.41, 5.74) is 1.25. The van der Waals surface area contributed by atoms with Crippen LogP contribution in [-0.2, 0) is 0 Å². The van der Waals surface area contributed by atoms with Crippen molar-refractivity contribution in [1.82, 2.24) is 10.3 Å². The highest BCUT2D eigenvalue weighted by Crippen LogP contribution is 2.29. The van der Waals surface area contributed by atoms with Crippen LogP contribution in [0, 0.1) is 19.8 Å². The molecule has 0 aliphatic heterocycles. The Morgan fingerprint density at radius 2 is 2.12 bits per heavy atom. The van der Waals surface area contributed by atoms with E-state index in [1.54, 1.807) is 11.3 Å². The maximum atomic E-state index is 4.63. The third-order valence-corrected chi connectivity index (χ3v) is 4.58. The van der Waals surface area contributed by atoms with E-state index in [0.29, 0.717) is 12.1 Å². The van der Waals surface area contributed by atoms with E-state index in [4.69, 9.17) is 0 Å². The van der Waals surface area contributed by atoms with E-state index in [2.05, 4.69) is 38.0 Å². The highest BCUT2D eigenvalue weighted by molar-refractivity contribution is 7.11. The summed E-state index contributed by atoms with van der Waals surface area (Å²) in [5, 5.41) is 4.92. The van der Waals surface area contributed by atoms with Crippen LogP contribution in [0.1, 0.15) is 54.7 Å². The van der Waals surface area contributed by atoms with Crippen LogP contribution in [0.25, 0.3) is 0 Å². The van der Waals surface area contributed by atoms with Gasteiger partial charge in [-0.15, -0.1) is 11.3 Å². The molecule has 3 atom stereocenters. The third-order valence-electron chi connectivity index (χ3n) is 3.68. The molecule has 1 aliphatic rings. The second kappa shape index (κ2) is 4.84. The Morgan fingerprint density at radius 3 is 2.62 bits per heavy atom. The van der Waals surface area contributed by atoms with Crippen molar-refractivity contribution in [2.24, 2.45) is 5.92 Å². The number of aromatic nitrogens is 1. The lowest BCUT2D eigenvalue weighted by Crippen LogP contribution is -2.33. The van der Waals surface area contributed by atoms with E-state index in [1.807, 2.05) is 0 Å². The van der Waals surface area contributed by atoms with E-state index in [0.717, 1.165) is 5.92 Å². The van der Waals surface area contributed by atoms with E-state index in [9.17, 15) is 0 Å². The molecule has 3 unspecified atom stereocenters. The molecule has 16 heavy (non-hydrogen) atoms. The molecule has 1 aromatic rings. The maximum Gasteiger partial charge on any atom is 0.0900 e. The summed E-state index contributed by atoms with van der Waals surface area (Å²) in [6.07, 6.45) is 4.08. The predicted octanol–water partition coefficient (Wildman–Crippen LogP) is 3.60. The van der Waals surface area contributed by atoms with Gasteiger partial charge in [0, 0.05) is 17.0 Å². The first-order valence-electron chi connectivity index (χ1n) is 6.28. The summed E-state index contributed by atoms with van der Waals surface area (Å²) >= 11 is 1.81. The van der Waals surface area contributed by atoms with E-state index < -0.39 is 0 Å². The van der Waals surface area contributed by atoms with Gasteiger partial charge in [-0.3, -0.25) is 0 Å². The molecule has 2 nitrogen and oxygen atoms in total. The molecule has 0 bridgehead atoms. The molecule has 1 aliphatic carbocycles. The number of rotatable bonds is 3. The SMILES string of the molecule is Cc1nc(C(C)NC2CCCC2C)c(C)s1. The van der Waals surface area contributed by atoms with E-state index >= 15 is 0 Å². The lowest BCUT2D eigenvalue weighted by Gasteiger charge is -2.22. The summed E-state index contributed by atoms with van der Waals surface area (Å²) in [4.78, 5) is 6.00. The molecule has 0 saturated heterocycles. The van der Waals surface area contributed by atoms with Gasteiger partial charge in [-0.25, -0.2) is 4.98 Å². The number of nitrogens with one attached hydrogen (secondary N) is 1. The Kier molecular flexibility index (Phi) is 3.65. The van der Waals surface area contributed by atoms with Gasteiger partial charge in [0.2, 0.25) is 0 Å². The fourth-order valence-corrected chi connectivity index (χ4v) is 3.65. The zero-order valence-corrected chi connectivity index (χ0v) is 11.5. The van der Waals surface area contributed by atoms with Crippen LogP contribution in [-0.4, -0.2) is 11.0 Å². The standard InChI is InChI=1S/C13H22N2S/c1-8-6-5-7-12(8)14-9(2)13-10(3)16-11(4)15-13/h8-9,12,14H,5-7H2,1-4H3. The van der Waals surface area contributed by atoms with E-state index in [-0.39, 0.29) is 0 Å². The van der Waals surface area contributed by atoms with Gasteiger partial charge in [0.05, 0.1) is 10.7 Å². The summed E-state index contributed by atoms with van der Waals surface area (Å²) in [6, 6.07) is 1.09. The molecule has 0 spiro atoms. The van der Waals surface area contributed by atoms with Gasteiger partial charge in [0.25, 0.3) is 0 Å². The number of hydrogen-bond acceptors (Lipinski definition) is 3. The monoisotopic (exact) mass is 238 g/mol. The van der Waals surface area contributed by atoms with Gasteiger partial charge in [-0.2, -0.15) is 0 Å². The second-order valence-electron chi connectivity index (χ2n) is 5.08. The molecule has 1 saturated carbocycles. The average molecular weight is 238 g/mol. The van der Waals surface area contributed by atoms with Gasteiger partial charge in [0.1, 0.15) is 0 Å². The number of nitrogens with zero attached hydrogens (tertiary/aromatic N) is 1. The molecule has 1 N–H and O–H groups in total. The zero-order valence-electron chi connectivity index (χ0n) is 10.7. The first-order valence-corrected chi connectivity index (χ1v) is 7.09. The molecular formula is C13H22N2S. The van der Waals surface area contributed by atoms with Crippen LogP contribution in [0.15, 0.2) is 0 Å². The first-order chi connectivity index (χ1) is 7.58. The Bertz CT molecular complexity index is 359. The van der Waals surface area contributed by atoms with Crippen LogP contribution >= 0.6 is 11.3 Å². The minimum atomic E-state index is 0.399. The van der Waals surface area contributed by atoms with Crippen molar-refractivity contribution < 1.29 is 0 Å². The lowest BCUT2D eigenvalue weighted by atomic mass is 10.0. The molecule has 3 heteroatoms. The Labute approximate surface area is 102 Å². The highest BCUT2D eigenvalue weighted by Gasteiger charge is 2.25. The summed E-state index contributed by atoms with van der Waals surface area (Å²) < 4.78 is 0. The molecule has 0 amide bonds. The summed E-state index contributed by atoms with van der Waals surface area (Å²) in [5.74, 6) is 0.822. The van der Waals surface area contributed by atoms with Crippen LogP contribution in [0.4, 0.5) is 0 Å². The topological polar surface area (TPSA) is 24.9 Å². The number of hydrogen-bond donors (Lipinski definition) is 1. The normalized spacial score (nSPS) is 27.2.